The van der Waals surface area contributed by atoms with E-state index in [1.807, 2.05) is 0 Å². The topological polar surface area (TPSA) is 64.1 Å². The minimum absolute atomic E-state index is 0.0478. The van der Waals surface area contributed by atoms with Crippen LogP contribution in [0.4, 0.5) is 24.5 Å². The number of benzene rings is 1. The van der Waals surface area contributed by atoms with E-state index in [1.54, 1.807) is 13.8 Å². The fourth-order valence-electron chi connectivity index (χ4n) is 1.84. The van der Waals surface area contributed by atoms with Gasteiger partial charge in [0.25, 0.3) is 0 Å². The van der Waals surface area contributed by atoms with Crippen molar-refractivity contribution in [2.45, 2.75) is 26.6 Å². The number of alkyl halides is 3. The number of aryl methyl sites for hydroxylation is 2. The van der Waals surface area contributed by atoms with Crippen molar-refractivity contribution in [1.29, 1.82) is 0 Å². The molecular weight excluding hydrogens is 271 g/mol. The molecule has 7 heteroatoms. The Morgan fingerprint density at radius 1 is 1.30 bits per heavy atom. The molecular formula is C13H14F3N3O. The van der Waals surface area contributed by atoms with Crippen LogP contribution in [-0.2, 0) is 12.7 Å². The van der Waals surface area contributed by atoms with E-state index in [-0.39, 0.29) is 5.69 Å². The monoisotopic (exact) mass is 285 g/mol. The number of nitrogen functional groups attached to an aromatic ring is 1. The summed E-state index contributed by atoms with van der Waals surface area (Å²) < 4.78 is 42.6. The average molecular weight is 285 g/mol. The molecule has 1 heterocycles. The van der Waals surface area contributed by atoms with E-state index in [0.29, 0.717) is 18.0 Å². The van der Waals surface area contributed by atoms with Gasteiger partial charge in [0.2, 0.25) is 0 Å². The SMILES string of the molecule is Cc1noc(C)c1CNc1ccc(C(F)(F)F)cc1N. The van der Waals surface area contributed by atoms with Crippen molar-refractivity contribution in [1.82, 2.24) is 5.16 Å². The molecule has 0 spiro atoms. The Labute approximate surface area is 113 Å². The normalized spacial score (nSPS) is 11.7. The maximum Gasteiger partial charge on any atom is 0.416 e. The number of nitrogens with two attached hydrogens (primary N) is 1. The molecule has 0 saturated carbocycles. The molecule has 0 aliphatic heterocycles. The van der Waals surface area contributed by atoms with Crippen LogP contribution in [-0.4, -0.2) is 5.16 Å². The quantitative estimate of drug-likeness (QED) is 0.847. The highest BCUT2D eigenvalue weighted by atomic mass is 19.4. The van der Waals surface area contributed by atoms with Crippen molar-refractivity contribution in [2.24, 2.45) is 0 Å². The van der Waals surface area contributed by atoms with E-state index in [4.69, 9.17) is 10.3 Å². The van der Waals surface area contributed by atoms with Gasteiger partial charge in [-0.05, 0) is 32.0 Å². The van der Waals surface area contributed by atoms with Crippen molar-refractivity contribution in [3.63, 3.8) is 0 Å². The lowest BCUT2D eigenvalue weighted by Crippen LogP contribution is -2.08. The van der Waals surface area contributed by atoms with Gasteiger partial charge in [0.1, 0.15) is 5.76 Å². The fourth-order valence-corrected chi connectivity index (χ4v) is 1.84. The molecule has 2 aromatic rings. The molecule has 1 aromatic heterocycles. The lowest BCUT2D eigenvalue weighted by atomic mass is 10.1. The Morgan fingerprint density at radius 2 is 2.00 bits per heavy atom. The summed E-state index contributed by atoms with van der Waals surface area (Å²) in [4.78, 5) is 0. The highest BCUT2D eigenvalue weighted by molar-refractivity contribution is 5.67. The molecule has 0 saturated heterocycles. The minimum Gasteiger partial charge on any atom is -0.397 e. The van der Waals surface area contributed by atoms with Crippen LogP contribution in [0, 0.1) is 13.8 Å². The Morgan fingerprint density at radius 3 is 2.50 bits per heavy atom. The van der Waals surface area contributed by atoms with Crippen molar-refractivity contribution in [3.8, 4) is 0 Å². The molecule has 20 heavy (non-hydrogen) atoms. The number of hydrogen-bond acceptors (Lipinski definition) is 4. The van der Waals surface area contributed by atoms with Gasteiger partial charge in [-0.3, -0.25) is 0 Å². The maximum atomic E-state index is 12.5. The number of nitrogens with one attached hydrogen (secondary N) is 1. The number of rotatable bonds is 3. The van der Waals surface area contributed by atoms with Crippen LogP contribution in [0.1, 0.15) is 22.6 Å². The second-order valence-corrected chi connectivity index (χ2v) is 4.46. The Bertz CT molecular complexity index is 600. The van der Waals surface area contributed by atoms with Crippen molar-refractivity contribution in [2.75, 3.05) is 11.1 Å². The molecule has 3 N–H and O–H groups in total. The van der Waals surface area contributed by atoms with Gasteiger partial charge in [-0.15, -0.1) is 0 Å². The van der Waals surface area contributed by atoms with Crippen LogP contribution >= 0.6 is 0 Å². The van der Waals surface area contributed by atoms with Crippen LogP contribution in [0.3, 0.4) is 0 Å². The third kappa shape index (κ3) is 2.87. The molecule has 0 atom stereocenters. The molecule has 0 bridgehead atoms. The van der Waals surface area contributed by atoms with Gasteiger partial charge in [0.15, 0.2) is 0 Å². The molecule has 1 aromatic carbocycles. The average Bonchev–Trinajstić information content (AvgIpc) is 2.67. The van der Waals surface area contributed by atoms with Gasteiger partial charge in [0, 0.05) is 12.1 Å². The second-order valence-electron chi connectivity index (χ2n) is 4.46. The molecule has 0 amide bonds. The predicted molar refractivity (Wildman–Crippen MR) is 69.2 cm³/mol. The smallest absolute Gasteiger partial charge is 0.397 e. The minimum atomic E-state index is -4.39. The highest BCUT2D eigenvalue weighted by Gasteiger charge is 2.30. The van der Waals surface area contributed by atoms with E-state index in [2.05, 4.69) is 10.5 Å². The first-order valence-corrected chi connectivity index (χ1v) is 5.91. The van der Waals surface area contributed by atoms with Gasteiger partial charge in [-0.1, -0.05) is 5.16 Å². The summed E-state index contributed by atoms with van der Waals surface area (Å²) in [5, 5.41) is 6.79. The van der Waals surface area contributed by atoms with Crippen molar-refractivity contribution in [3.05, 3.63) is 40.8 Å². The van der Waals surface area contributed by atoms with Gasteiger partial charge in [-0.25, -0.2) is 0 Å². The van der Waals surface area contributed by atoms with E-state index in [9.17, 15) is 13.2 Å². The van der Waals surface area contributed by atoms with Gasteiger partial charge in [-0.2, -0.15) is 13.2 Å². The number of halogens is 3. The summed E-state index contributed by atoms with van der Waals surface area (Å²) in [5.74, 6) is 0.667. The fraction of sp³-hybridized carbons (Fsp3) is 0.308. The van der Waals surface area contributed by atoms with Crippen LogP contribution in [0.2, 0.25) is 0 Å². The van der Waals surface area contributed by atoms with E-state index < -0.39 is 11.7 Å². The van der Waals surface area contributed by atoms with Crippen molar-refractivity contribution >= 4 is 11.4 Å². The third-order valence-electron chi connectivity index (χ3n) is 3.02. The molecule has 2 rings (SSSR count). The third-order valence-corrected chi connectivity index (χ3v) is 3.02. The van der Waals surface area contributed by atoms with Crippen LogP contribution in [0.15, 0.2) is 22.7 Å². The van der Waals surface area contributed by atoms with Gasteiger partial charge < -0.3 is 15.6 Å². The Kier molecular flexibility index (Phi) is 3.61. The predicted octanol–water partition coefficient (Wildman–Crippen LogP) is 3.50. The zero-order valence-electron chi connectivity index (χ0n) is 11.0. The van der Waals surface area contributed by atoms with Crippen molar-refractivity contribution < 1.29 is 17.7 Å². The summed E-state index contributed by atoms with van der Waals surface area (Å²) in [6.07, 6.45) is -4.39. The molecule has 0 radical (unpaired) electrons. The lowest BCUT2D eigenvalue weighted by Gasteiger charge is -2.12. The summed E-state index contributed by atoms with van der Waals surface area (Å²) in [6, 6.07) is 3.22. The van der Waals surface area contributed by atoms with E-state index >= 15 is 0 Å². The van der Waals surface area contributed by atoms with Crippen LogP contribution in [0.5, 0.6) is 0 Å². The summed E-state index contributed by atoms with van der Waals surface area (Å²) in [5.41, 5.74) is 6.96. The summed E-state index contributed by atoms with van der Waals surface area (Å²) >= 11 is 0. The number of aromatic nitrogens is 1. The maximum absolute atomic E-state index is 12.5. The molecule has 108 valence electrons. The molecule has 0 unspecified atom stereocenters. The standard InChI is InChI=1S/C13H14F3N3O/c1-7-10(8(2)20-19-7)6-18-12-4-3-9(5-11(12)17)13(14,15)16/h3-5,18H,6,17H2,1-2H3. The Hall–Kier alpha value is -2.18. The van der Waals surface area contributed by atoms with E-state index in [1.165, 1.54) is 6.07 Å². The zero-order valence-corrected chi connectivity index (χ0v) is 11.0. The lowest BCUT2D eigenvalue weighted by molar-refractivity contribution is -0.137. The van der Waals surface area contributed by atoms with Gasteiger partial charge in [0.05, 0.1) is 22.6 Å². The molecule has 0 fully saturated rings. The molecule has 0 aliphatic rings. The first-order chi connectivity index (χ1) is 9.29. The first-order valence-electron chi connectivity index (χ1n) is 5.91. The van der Waals surface area contributed by atoms with E-state index in [0.717, 1.165) is 23.4 Å². The zero-order chi connectivity index (χ0) is 14.9. The summed E-state index contributed by atoms with van der Waals surface area (Å²) in [7, 11) is 0. The summed E-state index contributed by atoms with van der Waals surface area (Å²) in [6.45, 7) is 3.95. The van der Waals surface area contributed by atoms with Crippen LogP contribution < -0.4 is 11.1 Å². The number of hydrogen-bond donors (Lipinski definition) is 2. The van der Waals surface area contributed by atoms with Crippen LogP contribution in [0.25, 0.3) is 0 Å². The molecule has 0 aliphatic carbocycles. The largest absolute Gasteiger partial charge is 0.416 e. The van der Waals surface area contributed by atoms with Gasteiger partial charge >= 0.3 is 6.18 Å². The second kappa shape index (κ2) is 5.07. The first kappa shape index (κ1) is 14.2. The highest BCUT2D eigenvalue weighted by Crippen LogP contribution is 2.33. The number of anilines is 2. The molecule has 4 nitrogen and oxygen atoms in total. The number of nitrogens with zero attached hydrogens (tertiary/aromatic N) is 1. The Balaban J connectivity index is 2.15.